The van der Waals surface area contributed by atoms with Gasteiger partial charge in [0.1, 0.15) is 6.29 Å². The largest absolute Gasteiger partial charge is 0.468 e. The Morgan fingerprint density at radius 2 is 1.95 bits per heavy atom. The van der Waals surface area contributed by atoms with Crippen LogP contribution in [0.1, 0.15) is 46.0 Å². The molecule has 0 spiro atoms. The van der Waals surface area contributed by atoms with Gasteiger partial charge in [0.15, 0.2) is 0 Å². The minimum Gasteiger partial charge on any atom is -0.468 e. The lowest BCUT2D eigenvalue weighted by atomic mass is 9.80. The highest BCUT2D eigenvalue weighted by Gasteiger charge is 2.27. The van der Waals surface area contributed by atoms with Crippen molar-refractivity contribution in [3.05, 3.63) is 0 Å². The van der Waals surface area contributed by atoms with Crippen molar-refractivity contribution in [2.45, 2.75) is 46.0 Å². The van der Waals surface area contributed by atoms with Crippen molar-refractivity contribution in [2.75, 3.05) is 13.2 Å². The number of carbonyl (C=O) groups is 3. The first kappa shape index (κ1) is 17.6. The fourth-order valence-corrected chi connectivity index (χ4v) is 2.18. The lowest BCUT2D eigenvalue weighted by Gasteiger charge is -2.26. The maximum atomic E-state index is 11.4. The van der Waals surface area contributed by atoms with E-state index < -0.39 is 0 Å². The second-order valence-corrected chi connectivity index (χ2v) is 4.44. The van der Waals surface area contributed by atoms with Gasteiger partial charge < -0.3 is 14.3 Å². The average molecular weight is 272 g/mol. The molecule has 0 N–H and O–H groups in total. The summed E-state index contributed by atoms with van der Waals surface area (Å²) in [7, 11) is 0. The van der Waals surface area contributed by atoms with Crippen LogP contribution in [0, 0.1) is 11.8 Å². The number of aldehydes is 1. The SMILES string of the molecule is CCOC(=O)C1CCCC(CC=O)C1.CCOC=O. The Bertz CT molecular complexity index is 265. The van der Waals surface area contributed by atoms with Gasteiger partial charge >= 0.3 is 5.97 Å². The summed E-state index contributed by atoms with van der Waals surface area (Å²) in [6, 6.07) is 0. The quantitative estimate of drug-likeness (QED) is 0.547. The maximum absolute atomic E-state index is 11.4. The Morgan fingerprint density at radius 1 is 1.21 bits per heavy atom. The minimum atomic E-state index is -0.0805. The summed E-state index contributed by atoms with van der Waals surface area (Å²) in [5.41, 5.74) is 0. The number of hydrogen-bond acceptors (Lipinski definition) is 5. The highest BCUT2D eigenvalue weighted by molar-refractivity contribution is 5.72. The smallest absolute Gasteiger partial charge is 0.308 e. The van der Waals surface area contributed by atoms with Crippen LogP contribution in [0.25, 0.3) is 0 Å². The molecule has 0 aliphatic heterocycles. The van der Waals surface area contributed by atoms with E-state index in [9.17, 15) is 14.4 Å². The molecule has 1 rings (SSSR count). The van der Waals surface area contributed by atoms with E-state index in [4.69, 9.17) is 4.74 Å². The van der Waals surface area contributed by atoms with E-state index in [1.807, 2.05) is 6.92 Å². The Labute approximate surface area is 114 Å². The summed E-state index contributed by atoms with van der Waals surface area (Å²) in [4.78, 5) is 31.0. The Kier molecular flexibility index (Phi) is 10.8. The van der Waals surface area contributed by atoms with Gasteiger partial charge in [0, 0.05) is 6.42 Å². The molecule has 5 nitrogen and oxygen atoms in total. The molecule has 2 atom stereocenters. The number of rotatable bonds is 6. The van der Waals surface area contributed by atoms with Gasteiger partial charge in [-0.25, -0.2) is 0 Å². The molecule has 0 aromatic carbocycles. The van der Waals surface area contributed by atoms with E-state index in [-0.39, 0.29) is 11.9 Å². The first-order valence-electron chi connectivity index (χ1n) is 6.85. The molecule has 0 amide bonds. The molecule has 19 heavy (non-hydrogen) atoms. The summed E-state index contributed by atoms with van der Waals surface area (Å²) < 4.78 is 9.13. The van der Waals surface area contributed by atoms with Crippen LogP contribution in [0.15, 0.2) is 0 Å². The number of carbonyl (C=O) groups excluding carboxylic acids is 3. The predicted octanol–water partition coefficient (Wildman–Crippen LogP) is 2.12. The van der Waals surface area contributed by atoms with Crippen LogP contribution in [0.3, 0.4) is 0 Å². The van der Waals surface area contributed by atoms with Gasteiger partial charge in [0.05, 0.1) is 19.1 Å². The molecule has 1 aliphatic rings. The van der Waals surface area contributed by atoms with E-state index >= 15 is 0 Å². The van der Waals surface area contributed by atoms with Gasteiger partial charge in [0.2, 0.25) is 0 Å². The molecule has 110 valence electrons. The third kappa shape index (κ3) is 8.35. The summed E-state index contributed by atoms with van der Waals surface area (Å²) in [5, 5.41) is 0. The van der Waals surface area contributed by atoms with Crippen LogP contribution in [-0.2, 0) is 23.9 Å². The fraction of sp³-hybridized carbons (Fsp3) is 0.786. The van der Waals surface area contributed by atoms with E-state index in [1.54, 1.807) is 6.92 Å². The molecule has 0 aromatic heterocycles. The summed E-state index contributed by atoms with van der Waals surface area (Å²) >= 11 is 0. The second kappa shape index (κ2) is 11.7. The lowest BCUT2D eigenvalue weighted by molar-refractivity contribution is -0.149. The molecular weight excluding hydrogens is 248 g/mol. The van der Waals surface area contributed by atoms with Crippen LogP contribution in [-0.4, -0.2) is 31.9 Å². The monoisotopic (exact) mass is 272 g/mol. The molecule has 1 fully saturated rings. The second-order valence-electron chi connectivity index (χ2n) is 4.44. The van der Waals surface area contributed by atoms with Gasteiger partial charge in [0.25, 0.3) is 6.47 Å². The van der Waals surface area contributed by atoms with E-state index in [1.165, 1.54) is 0 Å². The molecule has 0 saturated heterocycles. The van der Waals surface area contributed by atoms with Gasteiger partial charge in [-0.3, -0.25) is 9.59 Å². The van der Waals surface area contributed by atoms with E-state index in [2.05, 4.69) is 4.74 Å². The zero-order valence-electron chi connectivity index (χ0n) is 11.8. The summed E-state index contributed by atoms with van der Waals surface area (Å²) in [6.07, 6.45) is 5.43. The topological polar surface area (TPSA) is 69.7 Å². The Morgan fingerprint density at radius 3 is 2.42 bits per heavy atom. The normalized spacial score (nSPS) is 21.6. The minimum absolute atomic E-state index is 0.0358. The zero-order valence-corrected chi connectivity index (χ0v) is 11.8. The van der Waals surface area contributed by atoms with Crippen molar-refractivity contribution in [1.29, 1.82) is 0 Å². The average Bonchev–Trinajstić information content (AvgIpc) is 2.41. The van der Waals surface area contributed by atoms with Gasteiger partial charge in [-0.1, -0.05) is 6.42 Å². The van der Waals surface area contributed by atoms with Crippen LogP contribution in [0.2, 0.25) is 0 Å². The van der Waals surface area contributed by atoms with Crippen molar-refractivity contribution in [3.63, 3.8) is 0 Å². The highest BCUT2D eigenvalue weighted by Crippen LogP contribution is 2.31. The summed E-state index contributed by atoms with van der Waals surface area (Å²) in [5.74, 6) is 0.354. The van der Waals surface area contributed by atoms with Gasteiger partial charge in [-0.2, -0.15) is 0 Å². The van der Waals surface area contributed by atoms with Crippen LogP contribution in [0.4, 0.5) is 0 Å². The van der Waals surface area contributed by atoms with Crippen molar-refractivity contribution < 1.29 is 23.9 Å². The molecular formula is C14H24O5. The van der Waals surface area contributed by atoms with Crippen LogP contribution < -0.4 is 0 Å². The van der Waals surface area contributed by atoms with Gasteiger partial charge in [-0.15, -0.1) is 0 Å². The fourth-order valence-electron chi connectivity index (χ4n) is 2.18. The molecule has 1 aliphatic carbocycles. The standard InChI is InChI=1S/C11H18O3.C3H6O2/c1-2-14-11(13)10-5-3-4-9(8-10)6-7-12;1-2-5-3-4/h7,9-10H,2-6,8H2,1H3;3H,2H2,1H3. The molecule has 0 bridgehead atoms. The Hall–Kier alpha value is -1.39. The molecule has 0 aromatic rings. The first-order valence-corrected chi connectivity index (χ1v) is 6.85. The Balaban J connectivity index is 0.000000555. The van der Waals surface area contributed by atoms with Crippen LogP contribution in [0.5, 0.6) is 0 Å². The number of ether oxygens (including phenoxy) is 2. The van der Waals surface area contributed by atoms with Crippen molar-refractivity contribution >= 4 is 18.7 Å². The molecule has 5 heteroatoms. The molecule has 1 saturated carbocycles. The van der Waals surface area contributed by atoms with Gasteiger partial charge in [-0.05, 0) is 39.0 Å². The molecule has 0 heterocycles. The van der Waals surface area contributed by atoms with Crippen molar-refractivity contribution in [2.24, 2.45) is 11.8 Å². The molecule has 2 unspecified atom stereocenters. The zero-order chi connectivity index (χ0) is 14.5. The maximum Gasteiger partial charge on any atom is 0.308 e. The number of hydrogen-bond donors (Lipinski definition) is 0. The van der Waals surface area contributed by atoms with Crippen LogP contribution >= 0.6 is 0 Å². The van der Waals surface area contributed by atoms with E-state index in [0.717, 1.165) is 32.0 Å². The number of esters is 1. The first-order chi connectivity index (χ1) is 9.19. The highest BCUT2D eigenvalue weighted by atomic mass is 16.5. The van der Waals surface area contributed by atoms with Crippen molar-refractivity contribution in [3.8, 4) is 0 Å². The predicted molar refractivity (Wildman–Crippen MR) is 70.5 cm³/mol. The molecule has 0 radical (unpaired) electrons. The van der Waals surface area contributed by atoms with E-state index in [0.29, 0.717) is 32.0 Å². The lowest BCUT2D eigenvalue weighted by Crippen LogP contribution is -2.24. The summed E-state index contributed by atoms with van der Waals surface area (Å²) in [6.45, 7) is 4.94. The third-order valence-corrected chi connectivity index (χ3v) is 3.07. The van der Waals surface area contributed by atoms with Crippen molar-refractivity contribution in [1.82, 2.24) is 0 Å². The third-order valence-electron chi connectivity index (χ3n) is 3.07.